The van der Waals surface area contributed by atoms with Crippen LogP contribution in [0.25, 0.3) is 0 Å². The van der Waals surface area contributed by atoms with Crippen LogP contribution in [-0.4, -0.2) is 44.3 Å². The summed E-state index contributed by atoms with van der Waals surface area (Å²) in [7, 11) is -4.12. The van der Waals surface area contributed by atoms with Gasteiger partial charge in [-0.2, -0.15) is 0 Å². The highest BCUT2D eigenvalue weighted by Gasteiger charge is 2.33. The maximum Gasteiger partial charge on any atom is 0.264 e. The predicted octanol–water partition coefficient (Wildman–Crippen LogP) is 5.18. The first-order valence-electron chi connectivity index (χ1n) is 12.6. The van der Waals surface area contributed by atoms with Crippen molar-refractivity contribution in [3.05, 3.63) is 95.0 Å². The van der Waals surface area contributed by atoms with Gasteiger partial charge in [-0.15, -0.1) is 0 Å². The van der Waals surface area contributed by atoms with Crippen molar-refractivity contribution < 1.29 is 18.0 Å². The third-order valence-corrected chi connectivity index (χ3v) is 8.17. The fraction of sp³-hybridized carbons (Fsp3) is 0.310. The highest BCUT2D eigenvalue weighted by atomic mass is 35.5. The van der Waals surface area contributed by atoms with Gasteiger partial charge in [0.05, 0.1) is 10.6 Å². The SMILES string of the molecule is CCCNC(=O)[C@@H](CC)N(Cc1ccc(C)cc1)C(=O)CN(c1ccccc1)S(=O)(=O)c1ccc(Cl)cc1. The van der Waals surface area contributed by atoms with E-state index in [4.69, 9.17) is 11.6 Å². The van der Waals surface area contributed by atoms with Gasteiger partial charge in [-0.1, -0.05) is 73.5 Å². The first-order valence-corrected chi connectivity index (χ1v) is 14.4. The van der Waals surface area contributed by atoms with Crippen molar-refractivity contribution in [2.24, 2.45) is 0 Å². The monoisotopic (exact) mass is 555 g/mol. The fourth-order valence-corrected chi connectivity index (χ4v) is 5.57. The summed E-state index contributed by atoms with van der Waals surface area (Å²) < 4.78 is 28.6. The second-order valence-electron chi connectivity index (χ2n) is 9.02. The molecular formula is C29H34ClN3O4S. The summed E-state index contributed by atoms with van der Waals surface area (Å²) in [5.74, 6) is -0.743. The normalized spacial score (nSPS) is 12.0. The molecule has 202 valence electrons. The summed E-state index contributed by atoms with van der Waals surface area (Å²) in [5, 5.41) is 3.29. The Kier molecular flexibility index (Phi) is 10.3. The Hall–Kier alpha value is -3.36. The van der Waals surface area contributed by atoms with E-state index in [9.17, 15) is 18.0 Å². The molecule has 0 unspecified atom stereocenters. The van der Waals surface area contributed by atoms with Crippen LogP contribution >= 0.6 is 11.6 Å². The number of nitrogens with zero attached hydrogens (tertiary/aromatic N) is 2. The van der Waals surface area contributed by atoms with Crippen molar-refractivity contribution >= 4 is 39.1 Å². The molecule has 38 heavy (non-hydrogen) atoms. The average molecular weight is 556 g/mol. The topological polar surface area (TPSA) is 86.8 Å². The predicted molar refractivity (Wildman–Crippen MR) is 152 cm³/mol. The Morgan fingerprint density at radius 1 is 0.921 bits per heavy atom. The molecule has 0 aromatic heterocycles. The number of hydrogen-bond donors (Lipinski definition) is 1. The largest absolute Gasteiger partial charge is 0.354 e. The van der Waals surface area contributed by atoms with Crippen LogP contribution in [0.3, 0.4) is 0 Å². The summed E-state index contributed by atoms with van der Waals surface area (Å²) in [6.45, 7) is 5.95. The minimum absolute atomic E-state index is 0.0105. The minimum atomic E-state index is -4.12. The zero-order valence-electron chi connectivity index (χ0n) is 21.9. The molecule has 0 aliphatic rings. The molecule has 1 N–H and O–H groups in total. The minimum Gasteiger partial charge on any atom is -0.354 e. The quantitative estimate of drug-likeness (QED) is 0.334. The van der Waals surface area contributed by atoms with Crippen LogP contribution in [0.4, 0.5) is 5.69 Å². The molecule has 0 aliphatic heterocycles. The Balaban J connectivity index is 2.01. The smallest absolute Gasteiger partial charge is 0.264 e. The number of nitrogens with one attached hydrogen (secondary N) is 1. The van der Waals surface area contributed by atoms with Gasteiger partial charge in [0.1, 0.15) is 12.6 Å². The van der Waals surface area contributed by atoms with Crippen LogP contribution in [0.2, 0.25) is 5.02 Å². The maximum absolute atomic E-state index is 13.9. The van der Waals surface area contributed by atoms with E-state index in [1.165, 1.54) is 29.2 Å². The van der Waals surface area contributed by atoms with Crippen molar-refractivity contribution in [1.29, 1.82) is 0 Å². The first-order chi connectivity index (χ1) is 18.2. The molecule has 0 heterocycles. The third kappa shape index (κ3) is 7.36. The van der Waals surface area contributed by atoms with Gasteiger partial charge in [0.15, 0.2) is 0 Å². The van der Waals surface area contributed by atoms with Crippen LogP contribution in [0.1, 0.15) is 37.8 Å². The fourth-order valence-electron chi connectivity index (χ4n) is 4.03. The molecule has 1 atom stereocenters. The second kappa shape index (κ2) is 13.4. The summed E-state index contributed by atoms with van der Waals surface area (Å²) in [6, 6.07) is 21.2. The van der Waals surface area contributed by atoms with E-state index in [0.29, 0.717) is 23.7 Å². The Morgan fingerprint density at radius 3 is 2.13 bits per heavy atom. The lowest BCUT2D eigenvalue weighted by Gasteiger charge is -2.33. The zero-order valence-corrected chi connectivity index (χ0v) is 23.5. The van der Waals surface area contributed by atoms with E-state index in [0.717, 1.165) is 21.9 Å². The van der Waals surface area contributed by atoms with Crippen molar-refractivity contribution in [2.45, 2.75) is 51.1 Å². The number of carbonyl (C=O) groups is 2. The lowest BCUT2D eigenvalue weighted by molar-refractivity contribution is -0.140. The van der Waals surface area contributed by atoms with E-state index in [1.807, 2.05) is 45.0 Å². The number of rotatable bonds is 12. The average Bonchev–Trinajstić information content (AvgIpc) is 2.92. The first kappa shape index (κ1) is 29.2. The van der Waals surface area contributed by atoms with Gasteiger partial charge in [0.25, 0.3) is 10.0 Å². The number of benzene rings is 3. The molecule has 0 saturated heterocycles. The van der Waals surface area contributed by atoms with Crippen LogP contribution in [0.15, 0.2) is 83.8 Å². The van der Waals surface area contributed by atoms with Gasteiger partial charge >= 0.3 is 0 Å². The second-order valence-corrected chi connectivity index (χ2v) is 11.3. The summed E-state index contributed by atoms with van der Waals surface area (Å²) in [5.41, 5.74) is 2.26. The van der Waals surface area contributed by atoms with E-state index in [2.05, 4.69) is 5.32 Å². The summed E-state index contributed by atoms with van der Waals surface area (Å²) in [6.07, 6.45) is 1.14. The Bertz CT molecular complexity index is 1310. The molecule has 3 rings (SSSR count). The molecule has 2 amide bonds. The standard InChI is InChI=1S/C29H34ClN3O4S/c1-4-19-31-29(35)27(5-2)32(20-23-13-11-22(3)12-14-23)28(34)21-33(25-9-7-6-8-10-25)38(36,37)26-17-15-24(30)16-18-26/h6-18,27H,4-5,19-21H2,1-3H3,(H,31,35)/t27-/m1/s1. The maximum atomic E-state index is 13.9. The molecule has 7 nitrogen and oxygen atoms in total. The molecule has 3 aromatic rings. The lowest BCUT2D eigenvalue weighted by Crippen LogP contribution is -2.52. The molecule has 0 spiro atoms. The van der Waals surface area contributed by atoms with Crippen molar-refractivity contribution in [2.75, 3.05) is 17.4 Å². The number of aryl methyl sites for hydroxylation is 1. The molecule has 0 radical (unpaired) electrons. The summed E-state index contributed by atoms with van der Waals surface area (Å²) >= 11 is 5.98. The zero-order chi connectivity index (χ0) is 27.7. The number of sulfonamides is 1. The van der Waals surface area contributed by atoms with Crippen LogP contribution < -0.4 is 9.62 Å². The molecule has 0 fully saturated rings. The van der Waals surface area contributed by atoms with Crippen LogP contribution in [0, 0.1) is 6.92 Å². The van der Waals surface area contributed by atoms with Gasteiger partial charge in [0, 0.05) is 18.1 Å². The number of hydrogen-bond acceptors (Lipinski definition) is 4. The third-order valence-electron chi connectivity index (χ3n) is 6.13. The highest BCUT2D eigenvalue weighted by molar-refractivity contribution is 7.92. The number of amides is 2. The summed E-state index contributed by atoms with van der Waals surface area (Å²) in [4.78, 5) is 28.5. The van der Waals surface area contributed by atoms with Gasteiger partial charge < -0.3 is 10.2 Å². The van der Waals surface area contributed by atoms with E-state index < -0.39 is 28.5 Å². The van der Waals surface area contributed by atoms with Crippen LogP contribution in [-0.2, 0) is 26.2 Å². The van der Waals surface area contributed by atoms with Crippen LogP contribution in [0.5, 0.6) is 0 Å². The van der Waals surface area contributed by atoms with Gasteiger partial charge in [-0.25, -0.2) is 8.42 Å². The van der Waals surface area contributed by atoms with Gasteiger partial charge in [-0.3, -0.25) is 13.9 Å². The van der Waals surface area contributed by atoms with Gasteiger partial charge in [0.2, 0.25) is 11.8 Å². The molecule has 0 bridgehead atoms. The van der Waals surface area contributed by atoms with Crippen molar-refractivity contribution in [3.8, 4) is 0 Å². The number of carbonyl (C=O) groups excluding carboxylic acids is 2. The Labute approximate surface area is 230 Å². The van der Waals surface area contributed by atoms with E-state index in [-0.39, 0.29) is 17.3 Å². The van der Waals surface area contributed by atoms with Crippen molar-refractivity contribution in [3.63, 3.8) is 0 Å². The van der Waals surface area contributed by atoms with Gasteiger partial charge in [-0.05, 0) is 61.7 Å². The molecular weight excluding hydrogens is 522 g/mol. The van der Waals surface area contributed by atoms with E-state index in [1.54, 1.807) is 30.3 Å². The number of para-hydroxylation sites is 1. The number of halogens is 1. The molecule has 3 aromatic carbocycles. The van der Waals surface area contributed by atoms with E-state index >= 15 is 0 Å². The lowest BCUT2D eigenvalue weighted by atomic mass is 10.1. The molecule has 0 saturated carbocycles. The Morgan fingerprint density at radius 2 is 1.55 bits per heavy atom. The van der Waals surface area contributed by atoms with Crippen molar-refractivity contribution in [1.82, 2.24) is 10.2 Å². The number of anilines is 1. The molecule has 9 heteroatoms. The molecule has 0 aliphatic carbocycles. The highest BCUT2D eigenvalue weighted by Crippen LogP contribution is 2.25.